The van der Waals surface area contributed by atoms with E-state index in [1.807, 2.05) is 0 Å². The minimum atomic E-state index is -1.09. The average Bonchev–Trinajstić information content (AvgIpc) is 3.29. The van der Waals surface area contributed by atoms with E-state index >= 15 is 4.39 Å². The second-order valence-corrected chi connectivity index (χ2v) is 12.4. The van der Waals surface area contributed by atoms with Crippen LogP contribution in [0, 0.1) is 5.92 Å². The lowest BCUT2D eigenvalue weighted by molar-refractivity contribution is -0.194. The number of alkyl halides is 1. The van der Waals surface area contributed by atoms with Gasteiger partial charge in [0.25, 0.3) is 0 Å². The van der Waals surface area contributed by atoms with Crippen molar-refractivity contribution >= 4 is 0 Å². The highest BCUT2D eigenvalue weighted by molar-refractivity contribution is 5.59. The number of ether oxygens (including phenoxy) is 3. The molecule has 4 heteroatoms. The Morgan fingerprint density at radius 2 is 1.68 bits per heavy atom. The molecule has 1 saturated heterocycles. The fraction of sp³-hybridized carbons (Fsp3) is 0.647. The first kappa shape index (κ1) is 27.6. The molecular formula is C34H47FO3. The van der Waals surface area contributed by atoms with Crippen LogP contribution in [0.2, 0.25) is 0 Å². The molecule has 1 saturated carbocycles. The Kier molecular flexibility index (Phi) is 8.22. The summed E-state index contributed by atoms with van der Waals surface area (Å²) in [6, 6.07) is 0. The van der Waals surface area contributed by atoms with Gasteiger partial charge < -0.3 is 14.2 Å². The van der Waals surface area contributed by atoms with Gasteiger partial charge in [-0.05, 0) is 125 Å². The molecule has 2 heterocycles. The molecule has 0 amide bonds. The van der Waals surface area contributed by atoms with Crippen molar-refractivity contribution in [1.29, 1.82) is 0 Å². The van der Waals surface area contributed by atoms with Crippen LogP contribution in [0.5, 0.6) is 0 Å². The van der Waals surface area contributed by atoms with Gasteiger partial charge in [-0.25, -0.2) is 4.39 Å². The Morgan fingerprint density at radius 3 is 2.39 bits per heavy atom. The van der Waals surface area contributed by atoms with Crippen molar-refractivity contribution in [3.8, 4) is 0 Å². The molecule has 1 atom stereocenters. The van der Waals surface area contributed by atoms with Crippen LogP contribution in [0.15, 0.2) is 68.6 Å². The van der Waals surface area contributed by atoms with Gasteiger partial charge in [0.1, 0.15) is 18.0 Å². The SMILES string of the molecule is CCC1=CC(CCC2(F)CCC3(CC2)OCCO3)CCC2=C1CCC(C)=CC(C1=C(C)OCC(C)=C1C)=C2. The molecule has 3 nitrogen and oxygen atoms in total. The van der Waals surface area contributed by atoms with Crippen LogP contribution in [-0.2, 0) is 14.2 Å². The molecule has 3 aliphatic carbocycles. The molecule has 5 aliphatic rings. The monoisotopic (exact) mass is 522 g/mol. The lowest BCUT2D eigenvalue weighted by Crippen LogP contribution is -2.41. The highest BCUT2D eigenvalue weighted by Crippen LogP contribution is 2.46. The van der Waals surface area contributed by atoms with E-state index in [4.69, 9.17) is 14.2 Å². The zero-order chi connectivity index (χ0) is 26.9. The molecular weight excluding hydrogens is 475 g/mol. The number of allylic oxidation sites excluding steroid dienone is 11. The smallest absolute Gasteiger partial charge is 0.168 e. The second-order valence-electron chi connectivity index (χ2n) is 12.4. The third kappa shape index (κ3) is 5.82. The van der Waals surface area contributed by atoms with Crippen LogP contribution in [-0.4, -0.2) is 31.3 Å². The Hall–Kier alpha value is -1.91. The van der Waals surface area contributed by atoms with Gasteiger partial charge in [-0.1, -0.05) is 30.7 Å². The van der Waals surface area contributed by atoms with Crippen molar-refractivity contribution in [3.05, 3.63) is 68.6 Å². The van der Waals surface area contributed by atoms with E-state index in [2.05, 4.69) is 52.8 Å². The maximum Gasteiger partial charge on any atom is 0.168 e. The average molecular weight is 523 g/mol. The molecule has 1 unspecified atom stereocenters. The molecule has 208 valence electrons. The van der Waals surface area contributed by atoms with Crippen molar-refractivity contribution < 1.29 is 18.6 Å². The number of rotatable bonds is 5. The van der Waals surface area contributed by atoms with E-state index in [0.717, 1.165) is 44.3 Å². The van der Waals surface area contributed by atoms with E-state index in [-0.39, 0.29) is 0 Å². The molecule has 0 N–H and O–H groups in total. The van der Waals surface area contributed by atoms with Crippen LogP contribution in [0.25, 0.3) is 0 Å². The van der Waals surface area contributed by atoms with Crippen LogP contribution < -0.4 is 0 Å². The van der Waals surface area contributed by atoms with Crippen molar-refractivity contribution in [3.63, 3.8) is 0 Å². The van der Waals surface area contributed by atoms with E-state index in [1.54, 1.807) is 0 Å². The largest absolute Gasteiger partial charge is 0.493 e. The van der Waals surface area contributed by atoms with Gasteiger partial charge in [0.15, 0.2) is 5.79 Å². The summed E-state index contributed by atoms with van der Waals surface area (Å²) in [6.07, 6.45) is 16.7. The maximum absolute atomic E-state index is 15.9. The summed E-state index contributed by atoms with van der Waals surface area (Å²) in [5.74, 6) is 0.960. The van der Waals surface area contributed by atoms with Gasteiger partial charge in [0, 0.05) is 18.4 Å². The molecule has 0 aromatic carbocycles. The zero-order valence-corrected chi connectivity index (χ0v) is 24.3. The lowest BCUT2D eigenvalue weighted by Gasteiger charge is -2.39. The van der Waals surface area contributed by atoms with Crippen LogP contribution in [0.4, 0.5) is 4.39 Å². The van der Waals surface area contributed by atoms with Crippen molar-refractivity contribution in [2.24, 2.45) is 5.92 Å². The first-order valence-corrected chi connectivity index (χ1v) is 15.0. The van der Waals surface area contributed by atoms with E-state index in [9.17, 15) is 0 Å². The zero-order valence-electron chi connectivity index (χ0n) is 24.3. The predicted octanol–water partition coefficient (Wildman–Crippen LogP) is 9.14. The fourth-order valence-corrected chi connectivity index (χ4v) is 7.09. The summed E-state index contributed by atoms with van der Waals surface area (Å²) < 4.78 is 33.6. The van der Waals surface area contributed by atoms with Gasteiger partial charge in [-0.2, -0.15) is 0 Å². The van der Waals surface area contributed by atoms with Crippen molar-refractivity contribution in [2.45, 2.75) is 117 Å². The minimum Gasteiger partial charge on any atom is -0.493 e. The Balaban J connectivity index is 1.34. The Bertz CT molecular complexity index is 1110. The summed E-state index contributed by atoms with van der Waals surface area (Å²) in [7, 11) is 0. The molecule has 38 heavy (non-hydrogen) atoms. The molecule has 0 aromatic heterocycles. The Labute approximate surface area is 229 Å². The normalized spacial score (nSPS) is 27.7. The topological polar surface area (TPSA) is 27.7 Å². The predicted molar refractivity (Wildman–Crippen MR) is 152 cm³/mol. The maximum atomic E-state index is 15.9. The van der Waals surface area contributed by atoms with Gasteiger partial charge in [0.2, 0.25) is 0 Å². The summed E-state index contributed by atoms with van der Waals surface area (Å²) in [5, 5.41) is 0. The van der Waals surface area contributed by atoms with Crippen LogP contribution in [0.1, 0.15) is 105 Å². The molecule has 0 aromatic rings. The highest BCUT2D eigenvalue weighted by atomic mass is 19.1. The van der Waals surface area contributed by atoms with Gasteiger partial charge >= 0.3 is 0 Å². The van der Waals surface area contributed by atoms with Crippen LogP contribution >= 0.6 is 0 Å². The minimum absolute atomic E-state index is 0.425. The van der Waals surface area contributed by atoms with Crippen molar-refractivity contribution in [1.82, 2.24) is 0 Å². The molecule has 0 bridgehead atoms. The third-order valence-electron chi connectivity index (χ3n) is 9.72. The number of halogens is 1. The highest BCUT2D eigenvalue weighted by Gasteiger charge is 2.46. The van der Waals surface area contributed by atoms with Gasteiger partial charge in [-0.3, -0.25) is 0 Å². The quantitative estimate of drug-likeness (QED) is 0.360. The van der Waals surface area contributed by atoms with Crippen LogP contribution in [0.3, 0.4) is 0 Å². The van der Waals surface area contributed by atoms with E-state index in [1.165, 1.54) is 44.6 Å². The molecule has 2 aliphatic heterocycles. The van der Waals surface area contributed by atoms with Gasteiger partial charge in [-0.15, -0.1) is 0 Å². The summed E-state index contributed by atoms with van der Waals surface area (Å²) in [4.78, 5) is 0. The summed E-state index contributed by atoms with van der Waals surface area (Å²) in [6.45, 7) is 13.0. The molecule has 5 rings (SSSR count). The first-order chi connectivity index (χ1) is 18.2. The second kappa shape index (κ2) is 11.3. The van der Waals surface area contributed by atoms with Gasteiger partial charge in [0.05, 0.1) is 13.2 Å². The number of hydrogen-bond acceptors (Lipinski definition) is 3. The first-order valence-electron chi connectivity index (χ1n) is 15.0. The summed E-state index contributed by atoms with van der Waals surface area (Å²) in [5.41, 5.74) is 10.0. The fourth-order valence-electron chi connectivity index (χ4n) is 7.09. The third-order valence-corrected chi connectivity index (χ3v) is 9.72. The van der Waals surface area contributed by atoms with E-state index < -0.39 is 11.5 Å². The lowest BCUT2D eigenvalue weighted by atomic mass is 9.78. The number of hydrogen-bond donors (Lipinski definition) is 0. The van der Waals surface area contributed by atoms with Crippen molar-refractivity contribution in [2.75, 3.05) is 19.8 Å². The molecule has 0 radical (unpaired) electrons. The molecule has 2 fully saturated rings. The standard InChI is InChI=1S/C34H47FO3/c1-6-28-20-27(11-12-33(35)13-15-34(16-14-33)37-17-18-38-34)8-9-29-21-30(19-23(2)7-10-31(28)29)32-25(4)24(3)22-36-26(32)5/h19-21,27H,6-18,22H2,1-5H3. The summed E-state index contributed by atoms with van der Waals surface area (Å²) >= 11 is 0. The molecule has 1 spiro atoms. The Morgan fingerprint density at radius 1 is 0.947 bits per heavy atom. The van der Waals surface area contributed by atoms with E-state index in [0.29, 0.717) is 57.8 Å².